The number of hydrogen-bond acceptors (Lipinski definition) is 3. The van der Waals surface area contributed by atoms with Crippen molar-refractivity contribution in [2.75, 3.05) is 13.2 Å². The first kappa shape index (κ1) is 13.7. The molecule has 3 nitrogen and oxygen atoms in total. The number of benzene rings is 1. The molecule has 1 N–H and O–H groups in total. The van der Waals surface area contributed by atoms with E-state index in [2.05, 4.69) is 30.4 Å². The van der Waals surface area contributed by atoms with Crippen LogP contribution in [0.3, 0.4) is 0 Å². The molecule has 1 atom stereocenters. The van der Waals surface area contributed by atoms with E-state index >= 15 is 0 Å². The summed E-state index contributed by atoms with van der Waals surface area (Å²) in [5.41, 5.74) is 1.26. The van der Waals surface area contributed by atoms with Crippen LogP contribution in [0.25, 0.3) is 0 Å². The topological polar surface area (TPSA) is 30.5 Å². The molecule has 1 heterocycles. The molecule has 1 aromatic rings. The van der Waals surface area contributed by atoms with Gasteiger partial charge >= 0.3 is 0 Å². The monoisotopic (exact) mass is 275 g/mol. The summed E-state index contributed by atoms with van der Waals surface area (Å²) in [6.45, 7) is 3.82. The maximum atomic E-state index is 6.16. The lowest BCUT2D eigenvalue weighted by atomic mass is 10.1. The van der Waals surface area contributed by atoms with E-state index < -0.39 is 0 Å². The fourth-order valence-electron chi connectivity index (χ4n) is 3.23. The molecule has 0 spiro atoms. The normalized spacial score (nSPS) is 22.9. The van der Waals surface area contributed by atoms with Gasteiger partial charge in [-0.2, -0.15) is 0 Å². The summed E-state index contributed by atoms with van der Waals surface area (Å²) in [7, 11) is 0. The zero-order valence-electron chi connectivity index (χ0n) is 12.4. The van der Waals surface area contributed by atoms with Crippen molar-refractivity contribution in [3.8, 4) is 11.5 Å². The lowest BCUT2D eigenvalue weighted by Gasteiger charge is -2.17. The van der Waals surface area contributed by atoms with Crippen LogP contribution in [0, 0.1) is 0 Å². The van der Waals surface area contributed by atoms with E-state index in [0.29, 0.717) is 12.1 Å². The number of nitrogens with one attached hydrogen (secondary N) is 1. The molecule has 1 aliphatic carbocycles. The van der Waals surface area contributed by atoms with E-state index in [4.69, 9.17) is 9.47 Å². The molecule has 20 heavy (non-hydrogen) atoms. The Morgan fingerprint density at radius 3 is 2.75 bits per heavy atom. The molecule has 1 saturated carbocycles. The molecule has 0 aromatic heterocycles. The molecular weight excluding hydrogens is 250 g/mol. The predicted molar refractivity (Wildman–Crippen MR) is 80.5 cm³/mol. The quantitative estimate of drug-likeness (QED) is 0.847. The second kappa shape index (κ2) is 6.49. The summed E-state index contributed by atoms with van der Waals surface area (Å²) in [6.07, 6.45) is 8.09. The van der Waals surface area contributed by atoms with E-state index in [0.717, 1.165) is 24.7 Å². The minimum Gasteiger partial charge on any atom is -0.491 e. The van der Waals surface area contributed by atoms with Gasteiger partial charge in [0, 0.05) is 11.6 Å². The molecule has 1 unspecified atom stereocenters. The highest BCUT2D eigenvalue weighted by Gasteiger charge is 2.24. The van der Waals surface area contributed by atoms with Crippen molar-refractivity contribution in [3.63, 3.8) is 0 Å². The molecule has 3 heteroatoms. The molecule has 3 rings (SSSR count). The summed E-state index contributed by atoms with van der Waals surface area (Å²) in [4.78, 5) is 0. The fourth-order valence-corrected chi connectivity index (χ4v) is 3.23. The summed E-state index contributed by atoms with van der Waals surface area (Å²) in [5, 5.41) is 3.44. The van der Waals surface area contributed by atoms with Crippen LogP contribution in [0.4, 0.5) is 0 Å². The molecule has 1 aromatic carbocycles. The Morgan fingerprint density at radius 2 is 2.00 bits per heavy atom. The molecule has 110 valence electrons. The third kappa shape index (κ3) is 3.09. The van der Waals surface area contributed by atoms with Crippen LogP contribution in [0.5, 0.6) is 11.5 Å². The lowest BCUT2D eigenvalue weighted by molar-refractivity contribution is 0.183. The zero-order chi connectivity index (χ0) is 13.8. The Balaban J connectivity index is 1.66. The van der Waals surface area contributed by atoms with Gasteiger partial charge in [0.15, 0.2) is 0 Å². The van der Waals surface area contributed by atoms with Crippen LogP contribution < -0.4 is 14.8 Å². The second-order valence-electron chi connectivity index (χ2n) is 5.85. The van der Waals surface area contributed by atoms with Gasteiger partial charge in [0.1, 0.15) is 18.1 Å². The average Bonchev–Trinajstić information content (AvgIpc) is 2.68. The van der Waals surface area contributed by atoms with Crippen LogP contribution in [0.15, 0.2) is 18.2 Å². The van der Waals surface area contributed by atoms with E-state index in [1.807, 2.05) is 0 Å². The largest absolute Gasteiger partial charge is 0.491 e. The zero-order valence-corrected chi connectivity index (χ0v) is 12.4. The van der Waals surface area contributed by atoms with E-state index in [1.165, 1.54) is 44.1 Å². The molecule has 0 bridgehead atoms. The van der Waals surface area contributed by atoms with Crippen LogP contribution in [0.1, 0.15) is 57.1 Å². The summed E-state index contributed by atoms with van der Waals surface area (Å²) >= 11 is 0. The van der Waals surface area contributed by atoms with Gasteiger partial charge in [-0.05, 0) is 44.4 Å². The molecular formula is C17H25NO2. The predicted octanol–water partition coefficient (Wildman–Crippen LogP) is 3.83. The van der Waals surface area contributed by atoms with Gasteiger partial charge in [-0.15, -0.1) is 0 Å². The van der Waals surface area contributed by atoms with Crippen LogP contribution in [0.2, 0.25) is 0 Å². The Morgan fingerprint density at radius 1 is 1.20 bits per heavy atom. The molecule has 0 saturated heterocycles. The third-order valence-corrected chi connectivity index (χ3v) is 4.32. The van der Waals surface area contributed by atoms with Crippen LogP contribution in [-0.4, -0.2) is 19.3 Å². The van der Waals surface area contributed by atoms with Gasteiger partial charge < -0.3 is 14.8 Å². The van der Waals surface area contributed by atoms with Gasteiger partial charge in [-0.3, -0.25) is 0 Å². The van der Waals surface area contributed by atoms with Crippen LogP contribution >= 0.6 is 0 Å². The standard InChI is InChI=1S/C17H25NO2/c1-2-18-16-12-19-17-11-14(9-10-15(16)17)20-13-7-5-3-4-6-8-13/h9-11,13,16,18H,2-8,12H2,1H3. The van der Waals surface area contributed by atoms with Gasteiger partial charge in [0.2, 0.25) is 0 Å². The van der Waals surface area contributed by atoms with Gasteiger partial charge in [-0.1, -0.05) is 19.8 Å². The maximum absolute atomic E-state index is 6.16. The molecule has 2 aliphatic rings. The highest BCUT2D eigenvalue weighted by molar-refractivity contribution is 5.45. The van der Waals surface area contributed by atoms with Crippen molar-refractivity contribution in [2.24, 2.45) is 0 Å². The third-order valence-electron chi connectivity index (χ3n) is 4.32. The van der Waals surface area contributed by atoms with E-state index in [-0.39, 0.29) is 0 Å². The Hall–Kier alpha value is -1.22. The number of fused-ring (bicyclic) bond motifs is 1. The first-order valence-electron chi connectivity index (χ1n) is 8.03. The molecule has 1 aliphatic heterocycles. The number of likely N-dealkylation sites (N-methyl/N-ethyl adjacent to an activating group) is 1. The maximum Gasteiger partial charge on any atom is 0.128 e. The van der Waals surface area contributed by atoms with Gasteiger partial charge in [0.05, 0.1) is 12.1 Å². The second-order valence-corrected chi connectivity index (χ2v) is 5.85. The lowest BCUT2D eigenvalue weighted by Crippen LogP contribution is -2.21. The van der Waals surface area contributed by atoms with Crippen molar-refractivity contribution in [3.05, 3.63) is 23.8 Å². The summed E-state index contributed by atoms with van der Waals surface area (Å²) in [6, 6.07) is 6.66. The SMILES string of the molecule is CCNC1COc2cc(OC3CCCCCC3)ccc21. The van der Waals surface area contributed by atoms with E-state index in [1.54, 1.807) is 0 Å². The first-order chi connectivity index (χ1) is 9.86. The number of rotatable bonds is 4. The van der Waals surface area contributed by atoms with Gasteiger partial charge in [0.25, 0.3) is 0 Å². The minimum absolute atomic E-state index is 0.335. The van der Waals surface area contributed by atoms with Gasteiger partial charge in [-0.25, -0.2) is 0 Å². The van der Waals surface area contributed by atoms with E-state index in [9.17, 15) is 0 Å². The van der Waals surface area contributed by atoms with Crippen LogP contribution in [-0.2, 0) is 0 Å². The average molecular weight is 275 g/mol. The highest BCUT2D eigenvalue weighted by atomic mass is 16.5. The Bertz CT molecular complexity index is 439. The highest BCUT2D eigenvalue weighted by Crippen LogP contribution is 2.36. The molecule has 1 fully saturated rings. The molecule has 0 radical (unpaired) electrons. The van der Waals surface area contributed by atoms with Crippen molar-refractivity contribution in [1.29, 1.82) is 0 Å². The smallest absolute Gasteiger partial charge is 0.128 e. The van der Waals surface area contributed by atoms with Crippen molar-refractivity contribution < 1.29 is 9.47 Å². The summed E-state index contributed by atoms with van der Waals surface area (Å²) in [5.74, 6) is 1.95. The Labute approximate surface area is 121 Å². The number of ether oxygens (including phenoxy) is 2. The van der Waals surface area contributed by atoms with Crippen molar-refractivity contribution in [2.45, 2.75) is 57.6 Å². The minimum atomic E-state index is 0.335. The van der Waals surface area contributed by atoms with Crippen molar-refractivity contribution in [1.82, 2.24) is 5.32 Å². The fraction of sp³-hybridized carbons (Fsp3) is 0.647. The number of hydrogen-bond donors (Lipinski definition) is 1. The van der Waals surface area contributed by atoms with Crippen molar-refractivity contribution >= 4 is 0 Å². The molecule has 0 amide bonds. The Kier molecular flexibility index (Phi) is 4.46. The first-order valence-corrected chi connectivity index (χ1v) is 8.03. The summed E-state index contributed by atoms with van der Waals surface area (Å²) < 4.78 is 11.9.